The van der Waals surface area contributed by atoms with Gasteiger partial charge >= 0.3 is 0 Å². The number of ether oxygens (including phenoxy) is 1. The van der Waals surface area contributed by atoms with Gasteiger partial charge in [0.1, 0.15) is 11.3 Å². The maximum absolute atomic E-state index is 12.8. The molecule has 1 aliphatic heterocycles. The predicted molar refractivity (Wildman–Crippen MR) is 137 cm³/mol. The second kappa shape index (κ2) is 10.0. The summed E-state index contributed by atoms with van der Waals surface area (Å²) in [5.74, 6) is 1.13. The van der Waals surface area contributed by atoms with Crippen molar-refractivity contribution in [3.63, 3.8) is 0 Å². The average molecular weight is 477 g/mol. The molecule has 0 unspecified atom stereocenters. The maximum atomic E-state index is 12.8. The van der Waals surface area contributed by atoms with Crippen LogP contribution in [-0.2, 0) is 0 Å². The molecule has 0 atom stereocenters. The first-order valence-electron chi connectivity index (χ1n) is 11.8. The van der Waals surface area contributed by atoms with Crippen LogP contribution >= 0.6 is 11.6 Å². The van der Waals surface area contributed by atoms with Crippen molar-refractivity contribution < 1.29 is 9.53 Å². The molecule has 2 aromatic heterocycles. The number of likely N-dealkylation sites (tertiary alicyclic amines) is 1. The number of fused-ring (bicyclic) bond motifs is 2. The predicted octanol–water partition coefficient (Wildman–Crippen LogP) is 5.38. The number of halogens is 1. The number of amides is 1. The first kappa shape index (κ1) is 22.7. The molecular weight excluding hydrogens is 448 g/mol. The Balaban J connectivity index is 1.12. The van der Waals surface area contributed by atoms with E-state index in [-0.39, 0.29) is 5.91 Å². The minimum absolute atomic E-state index is 0.0735. The molecule has 34 heavy (non-hydrogen) atoms. The standard InChI is InChI=1S/C27H29ClN4O2/c1-34-24-8-2-5-19-20(9-13-29-26(19)24)27(33)30-12-4-14-32-15-10-18(11-16-32)21-17-31-23-7-3-6-22(28)25(21)23/h2-3,5-9,13,17-18,31H,4,10-12,14-16H2,1H3,(H,30,33). The second-order valence-corrected chi connectivity index (χ2v) is 9.25. The van der Waals surface area contributed by atoms with Crippen LogP contribution in [0.4, 0.5) is 0 Å². The van der Waals surface area contributed by atoms with Crippen molar-refractivity contribution in [2.45, 2.75) is 25.2 Å². The van der Waals surface area contributed by atoms with Crippen LogP contribution < -0.4 is 10.1 Å². The topological polar surface area (TPSA) is 70.2 Å². The highest BCUT2D eigenvalue weighted by Gasteiger charge is 2.23. The zero-order chi connectivity index (χ0) is 23.5. The van der Waals surface area contributed by atoms with E-state index in [0.29, 0.717) is 29.3 Å². The zero-order valence-electron chi connectivity index (χ0n) is 19.3. The Kier molecular flexibility index (Phi) is 6.70. The molecule has 0 radical (unpaired) electrons. The van der Waals surface area contributed by atoms with Gasteiger partial charge in [0, 0.05) is 35.2 Å². The molecule has 1 fully saturated rings. The summed E-state index contributed by atoms with van der Waals surface area (Å²) < 4.78 is 5.38. The molecule has 2 aromatic carbocycles. The van der Waals surface area contributed by atoms with E-state index in [1.54, 1.807) is 19.4 Å². The molecule has 6 nitrogen and oxygen atoms in total. The van der Waals surface area contributed by atoms with Crippen LogP contribution in [0.5, 0.6) is 5.75 Å². The van der Waals surface area contributed by atoms with Crippen LogP contribution in [0.2, 0.25) is 5.02 Å². The molecule has 0 bridgehead atoms. The Labute approximate surface area is 204 Å². The van der Waals surface area contributed by atoms with Crippen LogP contribution in [-0.4, -0.2) is 54.1 Å². The Hall–Kier alpha value is -3.09. The van der Waals surface area contributed by atoms with Crippen molar-refractivity contribution in [3.8, 4) is 5.75 Å². The lowest BCUT2D eigenvalue weighted by atomic mass is 9.89. The van der Waals surface area contributed by atoms with E-state index in [9.17, 15) is 4.79 Å². The number of piperidine rings is 1. The molecule has 0 aliphatic carbocycles. The van der Waals surface area contributed by atoms with Crippen LogP contribution in [0.3, 0.4) is 0 Å². The number of nitrogens with zero attached hydrogens (tertiary/aromatic N) is 2. The van der Waals surface area contributed by atoms with E-state index in [2.05, 4.69) is 32.4 Å². The number of rotatable bonds is 7. The molecule has 7 heteroatoms. The van der Waals surface area contributed by atoms with Gasteiger partial charge in [-0.3, -0.25) is 9.78 Å². The summed E-state index contributed by atoms with van der Waals surface area (Å²) in [6, 6.07) is 13.4. The Morgan fingerprint density at radius 1 is 1.21 bits per heavy atom. The molecule has 1 amide bonds. The Morgan fingerprint density at radius 2 is 2.03 bits per heavy atom. The molecule has 5 rings (SSSR count). The van der Waals surface area contributed by atoms with E-state index in [0.717, 1.165) is 54.8 Å². The largest absolute Gasteiger partial charge is 0.494 e. The fraction of sp³-hybridized carbons (Fsp3) is 0.333. The minimum atomic E-state index is -0.0735. The van der Waals surface area contributed by atoms with Gasteiger partial charge in [-0.1, -0.05) is 29.8 Å². The lowest BCUT2D eigenvalue weighted by molar-refractivity contribution is 0.0952. The molecule has 3 heterocycles. The van der Waals surface area contributed by atoms with Crippen molar-refractivity contribution >= 4 is 39.3 Å². The summed E-state index contributed by atoms with van der Waals surface area (Å²) in [7, 11) is 1.61. The lowest BCUT2D eigenvalue weighted by Crippen LogP contribution is -2.35. The first-order chi connectivity index (χ1) is 16.7. The van der Waals surface area contributed by atoms with E-state index in [1.807, 2.05) is 30.3 Å². The lowest BCUT2D eigenvalue weighted by Gasteiger charge is -2.32. The zero-order valence-corrected chi connectivity index (χ0v) is 20.1. The number of aromatic nitrogens is 2. The van der Waals surface area contributed by atoms with Crippen LogP contribution in [0.25, 0.3) is 21.8 Å². The number of para-hydroxylation sites is 1. The highest BCUT2D eigenvalue weighted by molar-refractivity contribution is 6.35. The normalized spacial score (nSPS) is 15.1. The fourth-order valence-electron chi connectivity index (χ4n) is 5.07. The molecule has 176 valence electrons. The Bertz CT molecular complexity index is 1310. The molecule has 1 aliphatic rings. The number of benzene rings is 2. The maximum Gasteiger partial charge on any atom is 0.252 e. The SMILES string of the molecule is COc1cccc2c(C(=O)NCCCN3CCC(c4c[nH]c5cccc(Cl)c45)CC3)ccnc12. The van der Waals surface area contributed by atoms with Crippen molar-refractivity contribution in [1.82, 2.24) is 20.2 Å². The van der Waals surface area contributed by atoms with Crippen LogP contribution in [0, 0.1) is 0 Å². The van der Waals surface area contributed by atoms with Crippen LogP contribution in [0.1, 0.15) is 41.1 Å². The van der Waals surface area contributed by atoms with Gasteiger partial charge < -0.3 is 19.9 Å². The monoisotopic (exact) mass is 476 g/mol. The van der Waals surface area contributed by atoms with Crippen molar-refractivity contribution in [2.75, 3.05) is 33.3 Å². The third-order valence-corrected chi connectivity index (χ3v) is 7.16. The third-order valence-electron chi connectivity index (χ3n) is 6.85. The summed E-state index contributed by atoms with van der Waals surface area (Å²) in [5, 5.41) is 5.88. The molecule has 4 aromatic rings. The van der Waals surface area contributed by atoms with Crippen molar-refractivity contribution in [2.24, 2.45) is 0 Å². The molecule has 0 spiro atoms. The van der Waals surface area contributed by atoms with E-state index >= 15 is 0 Å². The van der Waals surface area contributed by atoms with Gasteiger partial charge in [-0.2, -0.15) is 0 Å². The number of hydrogen-bond acceptors (Lipinski definition) is 4. The second-order valence-electron chi connectivity index (χ2n) is 8.85. The summed E-state index contributed by atoms with van der Waals surface area (Å²) in [5.41, 5.74) is 3.79. The van der Waals surface area contributed by atoms with Gasteiger partial charge in [-0.05, 0) is 74.6 Å². The van der Waals surface area contributed by atoms with Crippen molar-refractivity contribution in [3.05, 3.63) is 71.0 Å². The number of hydrogen-bond donors (Lipinski definition) is 2. The molecular formula is C27H29ClN4O2. The Morgan fingerprint density at radius 3 is 2.85 bits per heavy atom. The minimum Gasteiger partial charge on any atom is -0.494 e. The summed E-state index contributed by atoms with van der Waals surface area (Å²) >= 11 is 6.48. The summed E-state index contributed by atoms with van der Waals surface area (Å²) in [4.78, 5) is 23.1. The number of methoxy groups -OCH3 is 1. The van der Waals surface area contributed by atoms with Gasteiger partial charge in [0.25, 0.3) is 5.91 Å². The average Bonchev–Trinajstić information content (AvgIpc) is 3.31. The van der Waals surface area contributed by atoms with Gasteiger partial charge in [-0.25, -0.2) is 0 Å². The summed E-state index contributed by atoms with van der Waals surface area (Å²) in [6.07, 6.45) is 6.95. The van der Waals surface area contributed by atoms with Crippen molar-refractivity contribution in [1.29, 1.82) is 0 Å². The van der Waals surface area contributed by atoms with Gasteiger partial charge in [0.2, 0.25) is 0 Å². The highest BCUT2D eigenvalue weighted by atomic mass is 35.5. The molecule has 1 saturated heterocycles. The molecule has 0 saturated carbocycles. The number of carbonyl (C=O) groups excluding carboxylic acids is 1. The first-order valence-corrected chi connectivity index (χ1v) is 12.2. The number of pyridine rings is 1. The summed E-state index contributed by atoms with van der Waals surface area (Å²) in [6.45, 7) is 3.74. The van der Waals surface area contributed by atoms with Crippen LogP contribution in [0.15, 0.2) is 54.9 Å². The fourth-order valence-corrected chi connectivity index (χ4v) is 5.35. The van der Waals surface area contributed by atoms with Gasteiger partial charge in [0.05, 0.1) is 17.7 Å². The van der Waals surface area contributed by atoms with Gasteiger partial charge in [-0.15, -0.1) is 0 Å². The number of H-pyrrole nitrogens is 1. The molecule has 2 N–H and O–H groups in total. The number of carbonyl (C=O) groups is 1. The number of nitrogens with one attached hydrogen (secondary N) is 2. The third kappa shape index (κ3) is 4.48. The van der Waals surface area contributed by atoms with E-state index in [4.69, 9.17) is 16.3 Å². The van der Waals surface area contributed by atoms with E-state index in [1.165, 1.54) is 10.9 Å². The van der Waals surface area contributed by atoms with Gasteiger partial charge in [0.15, 0.2) is 0 Å². The quantitative estimate of drug-likeness (QED) is 0.351. The van der Waals surface area contributed by atoms with E-state index < -0.39 is 0 Å². The highest BCUT2D eigenvalue weighted by Crippen LogP contribution is 2.36. The smallest absolute Gasteiger partial charge is 0.252 e. The number of aromatic amines is 1.